The molecular weight excluding hydrogens is 212 g/mol. The average Bonchev–Trinajstić information content (AvgIpc) is 2.38. The van der Waals surface area contributed by atoms with Crippen molar-refractivity contribution in [2.45, 2.75) is 25.4 Å². The van der Waals surface area contributed by atoms with E-state index in [0.29, 0.717) is 6.54 Å². The molecule has 1 aliphatic rings. The van der Waals surface area contributed by atoms with Gasteiger partial charge in [-0.25, -0.2) is 0 Å². The van der Waals surface area contributed by atoms with Crippen LogP contribution in [0.5, 0.6) is 0 Å². The summed E-state index contributed by atoms with van der Waals surface area (Å²) in [5.74, 6) is 0.0846. The van der Waals surface area contributed by atoms with Gasteiger partial charge >= 0.3 is 0 Å². The minimum absolute atomic E-state index is 0.0846. The Labute approximate surface area is 102 Å². The maximum atomic E-state index is 11.9. The first-order valence-corrected chi connectivity index (χ1v) is 6.00. The summed E-state index contributed by atoms with van der Waals surface area (Å²) >= 11 is 0. The van der Waals surface area contributed by atoms with Gasteiger partial charge in [-0.2, -0.15) is 0 Å². The lowest BCUT2D eigenvalue weighted by Crippen LogP contribution is -2.47. The fourth-order valence-electron chi connectivity index (χ4n) is 2.06. The maximum Gasteiger partial charge on any atom is 0.237 e. The van der Waals surface area contributed by atoms with Crippen molar-refractivity contribution in [3.63, 3.8) is 0 Å². The van der Waals surface area contributed by atoms with Crippen LogP contribution in [0.4, 0.5) is 0 Å². The molecule has 0 spiro atoms. The fourth-order valence-corrected chi connectivity index (χ4v) is 2.06. The van der Waals surface area contributed by atoms with E-state index in [0.717, 1.165) is 19.4 Å². The molecular formula is C14H18N2O. The molecule has 0 radical (unpaired) electrons. The molecule has 0 saturated heterocycles. The van der Waals surface area contributed by atoms with Crippen molar-refractivity contribution in [1.29, 1.82) is 0 Å². The number of benzene rings is 1. The van der Waals surface area contributed by atoms with E-state index in [9.17, 15) is 4.79 Å². The summed E-state index contributed by atoms with van der Waals surface area (Å²) in [5.41, 5.74) is 2.57. The van der Waals surface area contributed by atoms with E-state index in [4.69, 9.17) is 0 Å². The first-order chi connectivity index (χ1) is 8.31. The number of carbonyl (C=O) groups excluding carboxylic acids is 1. The zero-order valence-electron chi connectivity index (χ0n) is 9.91. The highest BCUT2D eigenvalue weighted by Gasteiger charge is 2.23. The zero-order chi connectivity index (χ0) is 12.1. The van der Waals surface area contributed by atoms with E-state index >= 15 is 0 Å². The molecule has 0 aromatic heterocycles. The summed E-state index contributed by atoms with van der Waals surface area (Å²) in [6.45, 7) is 5.08. The number of fused-ring (bicyclic) bond motifs is 1. The summed E-state index contributed by atoms with van der Waals surface area (Å²) in [7, 11) is 0. The van der Waals surface area contributed by atoms with Crippen molar-refractivity contribution >= 4 is 5.91 Å². The second kappa shape index (κ2) is 5.64. The molecule has 0 aliphatic carbocycles. The molecule has 1 aromatic rings. The number of rotatable bonds is 4. The zero-order valence-corrected chi connectivity index (χ0v) is 9.91. The second-order valence-electron chi connectivity index (χ2n) is 4.27. The van der Waals surface area contributed by atoms with Gasteiger partial charge in [-0.1, -0.05) is 30.3 Å². The van der Waals surface area contributed by atoms with Crippen LogP contribution < -0.4 is 10.6 Å². The summed E-state index contributed by atoms with van der Waals surface area (Å²) in [5, 5.41) is 6.18. The highest BCUT2D eigenvalue weighted by Crippen LogP contribution is 2.16. The molecule has 0 fully saturated rings. The van der Waals surface area contributed by atoms with Crippen LogP contribution in [0.1, 0.15) is 17.5 Å². The highest BCUT2D eigenvalue weighted by atomic mass is 16.2. The van der Waals surface area contributed by atoms with Crippen LogP contribution in [0.2, 0.25) is 0 Å². The smallest absolute Gasteiger partial charge is 0.237 e. The largest absolute Gasteiger partial charge is 0.354 e. The van der Waals surface area contributed by atoms with Crippen molar-refractivity contribution in [1.82, 2.24) is 10.6 Å². The fraction of sp³-hybridized carbons (Fsp3) is 0.357. The minimum atomic E-state index is -0.102. The molecule has 1 aliphatic heterocycles. The topological polar surface area (TPSA) is 41.1 Å². The summed E-state index contributed by atoms with van der Waals surface area (Å²) in [6.07, 6.45) is 3.40. The van der Waals surface area contributed by atoms with Crippen LogP contribution in [0.3, 0.4) is 0 Å². The van der Waals surface area contributed by atoms with E-state index < -0.39 is 0 Å². The van der Waals surface area contributed by atoms with E-state index in [1.165, 1.54) is 11.1 Å². The van der Waals surface area contributed by atoms with Crippen LogP contribution in [-0.2, 0) is 17.8 Å². The third kappa shape index (κ3) is 2.94. The maximum absolute atomic E-state index is 11.9. The van der Waals surface area contributed by atoms with E-state index in [1.807, 2.05) is 18.2 Å². The SMILES string of the molecule is C=CCCNC(=O)[C@H]1Cc2ccccc2CN1. The molecule has 1 aromatic carbocycles. The summed E-state index contributed by atoms with van der Waals surface area (Å²) < 4.78 is 0. The van der Waals surface area contributed by atoms with Gasteiger partial charge < -0.3 is 10.6 Å². The Bertz CT molecular complexity index is 414. The normalized spacial score (nSPS) is 18.2. The van der Waals surface area contributed by atoms with Crippen molar-refractivity contribution in [2.75, 3.05) is 6.54 Å². The molecule has 2 rings (SSSR count). The molecule has 1 heterocycles. The number of nitrogens with one attached hydrogen (secondary N) is 2. The van der Waals surface area contributed by atoms with Gasteiger partial charge in [-0.15, -0.1) is 6.58 Å². The molecule has 0 saturated carbocycles. The van der Waals surface area contributed by atoms with Crippen LogP contribution in [0, 0.1) is 0 Å². The molecule has 17 heavy (non-hydrogen) atoms. The van der Waals surface area contributed by atoms with Gasteiger partial charge in [-0.3, -0.25) is 4.79 Å². The molecule has 1 atom stereocenters. The lowest BCUT2D eigenvalue weighted by atomic mass is 9.95. The number of carbonyl (C=O) groups is 1. The summed E-state index contributed by atoms with van der Waals surface area (Å²) in [4.78, 5) is 11.9. The number of hydrogen-bond donors (Lipinski definition) is 2. The van der Waals surface area contributed by atoms with Crippen LogP contribution >= 0.6 is 0 Å². The van der Waals surface area contributed by atoms with Crippen LogP contribution in [0.15, 0.2) is 36.9 Å². The van der Waals surface area contributed by atoms with Gasteiger partial charge in [0.15, 0.2) is 0 Å². The standard InChI is InChI=1S/C14H18N2O/c1-2-3-8-15-14(17)13-9-11-6-4-5-7-12(11)10-16-13/h2,4-7,13,16H,1,3,8-10H2,(H,15,17)/t13-/m1/s1. The van der Waals surface area contributed by atoms with E-state index in [-0.39, 0.29) is 11.9 Å². The second-order valence-corrected chi connectivity index (χ2v) is 4.27. The Hall–Kier alpha value is -1.61. The third-order valence-electron chi connectivity index (χ3n) is 3.05. The van der Waals surface area contributed by atoms with Gasteiger partial charge in [-0.05, 0) is 24.0 Å². The lowest BCUT2D eigenvalue weighted by Gasteiger charge is -2.25. The van der Waals surface area contributed by atoms with Crippen molar-refractivity contribution in [3.8, 4) is 0 Å². The predicted octanol–water partition coefficient (Wildman–Crippen LogP) is 1.39. The van der Waals surface area contributed by atoms with Gasteiger partial charge in [0, 0.05) is 13.1 Å². The molecule has 3 heteroatoms. The molecule has 1 amide bonds. The van der Waals surface area contributed by atoms with E-state index in [1.54, 1.807) is 0 Å². The number of amides is 1. The Morgan fingerprint density at radius 3 is 3.00 bits per heavy atom. The van der Waals surface area contributed by atoms with Gasteiger partial charge in [0.05, 0.1) is 6.04 Å². The van der Waals surface area contributed by atoms with Crippen molar-refractivity contribution < 1.29 is 4.79 Å². The first kappa shape index (κ1) is 11.9. The molecule has 3 nitrogen and oxygen atoms in total. The first-order valence-electron chi connectivity index (χ1n) is 6.00. The van der Waals surface area contributed by atoms with Gasteiger partial charge in [0.2, 0.25) is 5.91 Å². The quantitative estimate of drug-likeness (QED) is 0.606. The Morgan fingerprint density at radius 1 is 1.47 bits per heavy atom. The Kier molecular flexibility index (Phi) is 3.94. The third-order valence-corrected chi connectivity index (χ3v) is 3.05. The molecule has 90 valence electrons. The average molecular weight is 230 g/mol. The van der Waals surface area contributed by atoms with Gasteiger partial charge in [0.25, 0.3) is 0 Å². The molecule has 0 bridgehead atoms. The van der Waals surface area contributed by atoms with Crippen LogP contribution in [0.25, 0.3) is 0 Å². The molecule has 0 unspecified atom stereocenters. The monoisotopic (exact) mass is 230 g/mol. The van der Waals surface area contributed by atoms with Gasteiger partial charge in [0.1, 0.15) is 0 Å². The minimum Gasteiger partial charge on any atom is -0.354 e. The van der Waals surface area contributed by atoms with E-state index in [2.05, 4.69) is 29.3 Å². The van der Waals surface area contributed by atoms with Crippen molar-refractivity contribution in [3.05, 3.63) is 48.0 Å². The predicted molar refractivity (Wildman–Crippen MR) is 68.6 cm³/mol. The van der Waals surface area contributed by atoms with Crippen molar-refractivity contribution in [2.24, 2.45) is 0 Å². The highest BCUT2D eigenvalue weighted by molar-refractivity contribution is 5.82. The Morgan fingerprint density at radius 2 is 2.24 bits per heavy atom. The summed E-state index contributed by atoms with van der Waals surface area (Å²) in [6, 6.07) is 8.16. The lowest BCUT2D eigenvalue weighted by molar-refractivity contribution is -0.123. The Balaban J connectivity index is 1.93. The molecule has 2 N–H and O–H groups in total. The number of hydrogen-bond acceptors (Lipinski definition) is 2. The van der Waals surface area contributed by atoms with Crippen LogP contribution in [-0.4, -0.2) is 18.5 Å².